The minimum absolute atomic E-state index is 0. The zero-order valence-corrected chi connectivity index (χ0v) is 16.0. The Morgan fingerprint density at radius 3 is 2.64 bits per heavy atom. The highest BCUT2D eigenvalue weighted by atomic mass is 35.5. The van der Waals surface area contributed by atoms with Gasteiger partial charge in [0.2, 0.25) is 5.91 Å². The molecule has 1 aromatic carbocycles. The van der Waals surface area contributed by atoms with Crippen LogP contribution >= 0.6 is 24.8 Å². The van der Waals surface area contributed by atoms with Gasteiger partial charge in [-0.05, 0) is 30.2 Å². The van der Waals surface area contributed by atoms with E-state index in [1.165, 1.54) is 0 Å². The van der Waals surface area contributed by atoms with Crippen molar-refractivity contribution in [2.45, 2.75) is 32.9 Å². The maximum absolute atomic E-state index is 12.1. The lowest BCUT2D eigenvalue weighted by atomic mass is 9.99. The van der Waals surface area contributed by atoms with Crippen molar-refractivity contribution in [2.75, 3.05) is 5.32 Å². The smallest absolute Gasteiger partial charge is 0.241 e. The van der Waals surface area contributed by atoms with Crippen molar-refractivity contribution >= 4 is 36.4 Å². The summed E-state index contributed by atoms with van der Waals surface area (Å²) in [6, 6.07) is 12.4. The molecule has 5 nitrogen and oxygen atoms in total. The molecule has 0 aliphatic carbocycles. The number of nitrogens with one attached hydrogen (secondary N) is 1. The third kappa shape index (κ3) is 7.30. The molecule has 2 unspecified atom stereocenters. The van der Waals surface area contributed by atoms with Crippen LogP contribution in [0.3, 0.4) is 0 Å². The second-order valence-corrected chi connectivity index (χ2v) is 5.54. The molecular formula is C18H25Cl2N3O2. The van der Waals surface area contributed by atoms with E-state index in [0.717, 1.165) is 12.1 Å². The zero-order chi connectivity index (χ0) is 16.7. The Bertz CT molecular complexity index is 641. The molecule has 0 aliphatic heterocycles. The zero-order valence-electron chi connectivity index (χ0n) is 14.3. The van der Waals surface area contributed by atoms with E-state index in [-0.39, 0.29) is 36.6 Å². The first kappa shape index (κ1) is 23.2. The number of benzene rings is 1. The molecule has 0 fully saturated rings. The average Bonchev–Trinajstić information content (AvgIpc) is 2.59. The van der Waals surface area contributed by atoms with Gasteiger partial charge in [-0.3, -0.25) is 9.78 Å². The molecule has 0 spiro atoms. The van der Waals surface area contributed by atoms with E-state index < -0.39 is 6.04 Å². The molecular weight excluding hydrogens is 361 g/mol. The fourth-order valence-electron chi connectivity index (χ4n) is 2.04. The molecule has 7 heteroatoms. The van der Waals surface area contributed by atoms with Gasteiger partial charge in [-0.1, -0.05) is 32.4 Å². The summed E-state index contributed by atoms with van der Waals surface area (Å²) >= 11 is 0. The molecule has 0 saturated carbocycles. The summed E-state index contributed by atoms with van der Waals surface area (Å²) < 4.78 is 5.70. The number of hydrogen-bond donors (Lipinski definition) is 2. The monoisotopic (exact) mass is 385 g/mol. The topological polar surface area (TPSA) is 77.2 Å². The molecule has 0 aliphatic rings. The van der Waals surface area contributed by atoms with Crippen LogP contribution in [-0.2, 0) is 11.4 Å². The predicted octanol–water partition coefficient (Wildman–Crippen LogP) is 3.82. The quantitative estimate of drug-likeness (QED) is 0.759. The van der Waals surface area contributed by atoms with Crippen LogP contribution in [0, 0.1) is 5.92 Å². The van der Waals surface area contributed by atoms with Gasteiger partial charge in [0.05, 0.1) is 11.7 Å². The van der Waals surface area contributed by atoms with E-state index in [1.54, 1.807) is 12.3 Å². The molecule has 1 aromatic heterocycles. The summed E-state index contributed by atoms with van der Waals surface area (Å²) in [6.07, 6.45) is 2.59. The fraction of sp³-hybridized carbons (Fsp3) is 0.333. The van der Waals surface area contributed by atoms with E-state index in [1.807, 2.05) is 50.2 Å². The van der Waals surface area contributed by atoms with Gasteiger partial charge >= 0.3 is 0 Å². The van der Waals surface area contributed by atoms with E-state index >= 15 is 0 Å². The Morgan fingerprint density at radius 2 is 2.00 bits per heavy atom. The highest BCUT2D eigenvalue weighted by molar-refractivity contribution is 5.95. The van der Waals surface area contributed by atoms with Crippen LogP contribution < -0.4 is 15.8 Å². The first-order valence-electron chi connectivity index (χ1n) is 7.79. The van der Waals surface area contributed by atoms with E-state index in [2.05, 4.69) is 10.3 Å². The highest BCUT2D eigenvalue weighted by Gasteiger charge is 2.19. The number of anilines is 1. The van der Waals surface area contributed by atoms with Gasteiger partial charge in [-0.25, -0.2) is 0 Å². The van der Waals surface area contributed by atoms with Crippen LogP contribution in [0.15, 0.2) is 48.7 Å². The molecule has 2 atom stereocenters. The average molecular weight is 386 g/mol. The van der Waals surface area contributed by atoms with Gasteiger partial charge in [0.1, 0.15) is 12.4 Å². The maximum atomic E-state index is 12.1. The summed E-state index contributed by atoms with van der Waals surface area (Å²) in [6.45, 7) is 4.37. The number of rotatable bonds is 7. The van der Waals surface area contributed by atoms with Crippen molar-refractivity contribution in [2.24, 2.45) is 11.7 Å². The van der Waals surface area contributed by atoms with Gasteiger partial charge in [0.25, 0.3) is 0 Å². The molecule has 0 radical (unpaired) electrons. The Hall–Kier alpha value is -1.82. The van der Waals surface area contributed by atoms with Crippen molar-refractivity contribution in [3.63, 3.8) is 0 Å². The van der Waals surface area contributed by atoms with Crippen LogP contribution in [0.25, 0.3) is 0 Å². The fourth-order valence-corrected chi connectivity index (χ4v) is 2.04. The first-order valence-corrected chi connectivity index (χ1v) is 7.79. The lowest BCUT2D eigenvalue weighted by Gasteiger charge is -2.18. The highest BCUT2D eigenvalue weighted by Crippen LogP contribution is 2.19. The molecule has 1 heterocycles. The van der Waals surface area contributed by atoms with Crippen LogP contribution in [0.4, 0.5) is 5.69 Å². The number of nitrogens with zero attached hydrogens (tertiary/aromatic N) is 1. The van der Waals surface area contributed by atoms with Gasteiger partial charge in [0, 0.05) is 18.0 Å². The summed E-state index contributed by atoms with van der Waals surface area (Å²) in [5.41, 5.74) is 7.46. The van der Waals surface area contributed by atoms with Gasteiger partial charge in [0.15, 0.2) is 0 Å². The summed E-state index contributed by atoms with van der Waals surface area (Å²) in [7, 11) is 0. The van der Waals surface area contributed by atoms with Crippen LogP contribution in [0.1, 0.15) is 26.0 Å². The number of ether oxygens (including phenoxy) is 1. The second kappa shape index (κ2) is 11.7. The second-order valence-electron chi connectivity index (χ2n) is 5.54. The van der Waals surface area contributed by atoms with Crippen molar-refractivity contribution in [3.8, 4) is 5.75 Å². The van der Waals surface area contributed by atoms with Crippen molar-refractivity contribution in [1.82, 2.24) is 4.98 Å². The Balaban J connectivity index is 0.00000288. The molecule has 2 aromatic rings. The molecule has 25 heavy (non-hydrogen) atoms. The molecule has 138 valence electrons. The molecule has 1 amide bonds. The Labute approximate surface area is 161 Å². The normalized spacial score (nSPS) is 12.1. The van der Waals surface area contributed by atoms with Crippen molar-refractivity contribution < 1.29 is 9.53 Å². The Kier molecular flexibility index (Phi) is 10.8. The standard InChI is InChI=1S/C18H23N3O2.2ClH/c1-3-13(2)17(19)18(22)21-14-8-6-9-16(11-14)23-12-15-7-4-5-10-20-15;;/h4-11,13,17H,3,12,19H2,1-2H3,(H,21,22);2*1H. The van der Waals surface area contributed by atoms with E-state index in [0.29, 0.717) is 18.0 Å². The van der Waals surface area contributed by atoms with E-state index in [9.17, 15) is 4.79 Å². The lowest BCUT2D eigenvalue weighted by molar-refractivity contribution is -0.118. The molecule has 0 bridgehead atoms. The number of hydrogen-bond acceptors (Lipinski definition) is 4. The van der Waals surface area contributed by atoms with Crippen LogP contribution in [0.2, 0.25) is 0 Å². The number of aromatic nitrogens is 1. The third-order valence-corrected chi connectivity index (χ3v) is 3.77. The first-order chi connectivity index (χ1) is 11.1. The van der Waals surface area contributed by atoms with Gasteiger partial charge in [-0.2, -0.15) is 0 Å². The molecule has 2 rings (SSSR count). The molecule has 0 saturated heterocycles. The number of pyridine rings is 1. The SMILES string of the molecule is CCC(C)C(N)C(=O)Nc1cccc(OCc2ccccn2)c1.Cl.Cl. The van der Waals surface area contributed by atoms with E-state index in [4.69, 9.17) is 10.5 Å². The number of halogens is 2. The minimum Gasteiger partial charge on any atom is -0.487 e. The number of amides is 1. The van der Waals surface area contributed by atoms with Gasteiger partial charge in [-0.15, -0.1) is 24.8 Å². The Morgan fingerprint density at radius 1 is 1.24 bits per heavy atom. The number of carbonyl (C=O) groups excluding carboxylic acids is 1. The van der Waals surface area contributed by atoms with Gasteiger partial charge < -0.3 is 15.8 Å². The summed E-state index contributed by atoms with van der Waals surface area (Å²) in [5.74, 6) is 0.630. The third-order valence-electron chi connectivity index (χ3n) is 3.77. The molecule has 3 N–H and O–H groups in total. The summed E-state index contributed by atoms with van der Waals surface area (Å²) in [4.78, 5) is 16.3. The van der Waals surface area contributed by atoms with Crippen LogP contribution in [0.5, 0.6) is 5.75 Å². The summed E-state index contributed by atoms with van der Waals surface area (Å²) in [5, 5.41) is 2.84. The number of nitrogens with two attached hydrogens (primary N) is 1. The maximum Gasteiger partial charge on any atom is 0.241 e. The predicted molar refractivity (Wildman–Crippen MR) is 106 cm³/mol. The van der Waals surface area contributed by atoms with Crippen molar-refractivity contribution in [1.29, 1.82) is 0 Å². The van der Waals surface area contributed by atoms with Crippen LogP contribution in [-0.4, -0.2) is 16.9 Å². The largest absolute Gasteiger partial charge is 0.487 e. The van der Waals surface area contributed by atoms with Crippen molar-refractivity contribution in [3.05, 3.63) is 54.4 Å². The minimum atomic E-state index is -0.516. The number of carbonyl (C=O) groups is 1. The lowest BCUT2D eigenvalue weighted by Crippen LogP contribution is -2.40.